The summed E-state index contributed by atoms with van der Waals surface area (Å²) in [5.41, 5.74) is -0.176. The van der Waals surface area contributed by atoms with E-state index in [-0.39, 0.29) is 5.91 Å². The standard InChI is InChI=1S/C15H24N2O3/c1-5-9-15(3,19-4)14(18)17-12-7-8-13(16-11-12)20-10-6-2/h7-8,11H,5-6,9-10H2,1-4H3,(H,17,18)/t15-/m1/s1. The van der Waals surface area contributed by atoms with E-state index in [9.17, 15) is 4.79 Å². The second-order valence-electron chi connectivity index (χ2n) is 4.87. The van der Waals surface area contributed by atoms with Crippen LogP contribution in [0.25, 0.3) is 0 Å². The van der Waals surface area contributed by atoms with Crippen LogP contribution in [0.2, 0.25) is 0 Å². The number of nitrogens with one attached hydrogen (secondary N) is 1. The van der Waals surface area contributed by atoms with Crippen LogP contribution in [0.3, 0.4) is 0 Å². The van der Waals surface area contributed by atoms with Gasteiger partial charge in [0.25, 0.3) is 5.91 Å². The molecule has 0 aliphatic rings. The Labute approximate surface area is 120 Å². The monoisotopic (exact) mass is 280 g/mol. The van der Waals surface area contributed by atoms with Gasteiger partial charge in [-0.15, -0.1) is 0 Å². The van der Waals surface area contributed by atoms with Gasteiger partial charge in [0.05, 0.1) is 18.5 Å². The van der Waals surface area contributed by atoms with Crippen LogP contribution in [-0.2, 0) is 9.53 Å². The van der Waals surface area contributed by atoms with E-state index in [0.717, 1.165) is 12.8 Å². The predicted octanol–water partition coefficient (Wildman–Crippen LogP) is 3.01. The van der Waals surface area contributed by atoms with Crippen LogP contribution < -0.4 is 10.1 Å². The van der Waals surface area contributed by atoms with Gasteiger partial charge in [0.2, 0.25) is 5.88 Å². The average Bonchev–Trinajstić information content (AvgIpc) is 2.46. The Kier molecular flexibility index (Phi) is 6.45. The molecule has 0 unspecified atom stereocenters. The lowest BCUT2D eigenvalue weighted by atomic mass is 9.99. The van der Waals surface area contributed by atoms with Crippen molar-refractivity contribution < 1.29 is 14.3 Å². The molecule has 1 rings (SSSR count). The van der Waals surface area contributed by atoms with E-state index >= 15 is 0 Å². The normalized spacial score (nSPS) is 13.6. The van der Waals surface area contributed by atoms with Crippen LogP contribution in [0.4, 0.5) is 5.69 Å². The fourth-order valence-corrected chi connectivity index (χ4v) is 1.79. The number of anilines is 1. The number of rotatable bonds is 8. The number of ether oxygens (including phenoxy) is 2. The molecule has 0 radical (unpaired) electrons. The third-order valence-corrected chi connectivity index (χ3v) is 3.11. The van der Waals surface area contributed by atoms with Crippen LogP contribution in [0.15, 0.2) is 18.3 Å². The summed E-state index contributed by atoms with van der Waals surface area (Å²) in [5, 5.41) is 2.82. The lowest BCUT2D eigenvalue weighted by molar-refractivity contribution is -0.136. The summed E-state index contributed by atoms with van der Waals surface area (Å²) in [6.45, 7) is 6.48. The number of carbonyl (C=O) groups is 1. The van der Waals surface area contributed by atoms with Crippen molar-refractivity contribution in [3.05, 3.63) is 18.3 Å². The van der Waals surface area contributed by atoms with Crippen molar-refractivity contribution in [1.82, 2.24) is 4.98 Å². The summed E-state index contributed by atoms with van der Waals surface area (Å²) < 4.78 is 10.7. The highest BCUT2D eigenvalue weighted by Gasteiger charge is 2.32. The zero-order valence-corrected chi connectivity index (χ0v) is 12.7. The third kappa shape index (κ3) is 4.49. The second kappa shape index (κ2) is 7.85. The smallest absolute Gasteiger partial charge is 0.256 e. The van der Waals surface area contributed by atoms with E-state index in [0.29, 0.717) is 24.6 Å². The van der Waals surface area contributed by atoms with Gasteiger partial charge in [-0.05, 0) is 25.8 Å². The molecule has 0 fully saturated rings. The van der Waals surface area contributed by atoms with Gasteiger partial charge in [-0.25, -0.2) is 4.98 Å². The molecule has 0 aliphatic heterocycles. The van der Waals surface area contributed by atoms with Crippen molar-refractivity contribution in [1.29, 1.82) is 0 Å². The fraction of sp³-hybridized carbons (Fsp3) is 0.600. The average molecular weight is 280 g/mol. The molecule has 0 aliphatic carbocycles. The van der Waals surface area contributed by atoms with Gasteiger partial charge < -0.3 is 14.8 Å². The number of hydrogen-bond donors (Lipinski definition) is 1. The number of methoxy groups -OCH3 is 1. The second-order valence-corrected chi connectivity index (χ2v) is 4.87. The molecule has 0 bridgehead atoms. The van der Waals surface area contributed by atoms with Crippen molar-refractivity contribution in [2.75, 3.05) is 19.0 Å². The molecule has 1 N–H and O–H groups in total. The number of aromatic nitrogens is 1. The highest BCUT2D eigenvalue weighted by Crippen LogP contribution is 2.20. The Bertz CT molecular complexity index is 420. The first kappa shape index (κ1) is 16.4. The van der Waals surface area contributed by atoms with Gasteiger partial charge in [-0.2, -0.15) is 0 Å². The fourth-order valence-electron chi connectivity index (χ4n) is 1.79. The molecule has 1 amide bonds. The van der Waals surface area contributed by atoms with Crippen LogP contribution in [0.5, 0.6) is 5.88 Å². The van der Waals surface area contributed by atoms with Crippen LogP contribution in [0, 0.1) is 0 Å². The molecule has 5 nitrogen and oxygen atoms in total. The molecule has 1 aromatic rings. The molecular weight excluding hydrogens is 256 g/mol. The van der Waals surface area contributed by atoms with Crippen molar-refractivity contribution in [3.63, 3.8) is 0 Å². The summed E-state index contributed by atoms with van der Waals surface area (Å²) in [4.78, 5) is 16.4. The van der Waals surface area contributed by atoms with Crippen LogP contribution >= 0.6 is 0 Å². The molecular formula is C15H24N2O3. The Morgan fingerprint density at radius 1 is 1.35 bits per heavy atom. The SMILES string of the molecule is CCCOc1ccc(NC(=O)[C@@](C)(CCC)OC)cn1. The van der Waals surface area contributed by atoms with Gasteiger partial charge >= 0.3 is 0 Å². The minimum absolute atomic E-state index is 0.161. The first-order chi connectivity index (χ1) is 9.55. The molecule has 0 saturated carbocycles. The molecule has 1 aromatic heterocycles. The molecule has 1 heterocycles. The number of carbonyl (C=O) groups excluding carboxylic acids is 1. The van der Waals surface area contributed by atoms with E-state index in [2.05, 4.69) is 10.3 Å². The van der Waals surface area contributed by atoms with Crippen LogP contribution in [-0.4, -0.2) is 30.2 Å². The number of nitrogens with zero attached hydrogens (tertiary/aromatic N) is 1. The molecule has 0 saturated heterocycles. The minimum Gasteiger partial charge on any atom is -0.478 e. The van der Waals surface area contributed by atoms with E-state index in [1.165, 1.54) is 0 Å². The van der Waals surface area contributed by atoms with Crippen LogP contribution in [0.1, 0.15) is 40.0 Å². The Morgan fingerprint density at radius 3 is 2.60 bits per heavy atom. The number of amides is 1. The number of pyridine rings is 1. The van der Waals surface area contributed by atoms with E-state index in [1.807, 2.05) is 13.8 Å². The maximum absolute atomic E-state index is 12.2. The highest BCUT2D eigenvalue weighted by molar-refractivity contribution is 5.96. The van der Waals surface area contributed by atoms with Gasteiger partial charge in [-0.3, -0.25) is 4.79 Å². The van der Waals surface area contributed by atoms with Gasteiger partial charge in [-0.1, -0.05) is 20.3 Å². The van der Waals surface area contributed by atoms with Gasteiger partial charge in [0.15, 0.2) is 0 Å². The summed E-state index contributed by atoms with van der Waals surface area (Å²) >= 11 is 0. The zero-order chi connectivity index (χ0) is 15.0. The Balaban J connectivity index is 2.65. The molecule has 112 valence electrons. The topological polar surface area (TPSA) is 60.5 Å². The molecule has 1 atom stereocenters. The summed E-state index contributed by atoms with van der Waals surface area (Å²) in [6.07, 6.45) is 4.06. The summed E-state index contributed by atoms with van der Waals surface area (Å²) in [7, 11) is 1.55. The van der Waals surface area contributed by atoms with E-state index < -0.39 is 5.60 Å². The Morgan fingerprint density at radius 2 is 2.10 bits per heavy atom. The molecule has 20 heavy (non-hydrogen) atoms. The van der Waals surface area contributed by atoms with E-state index in [1.54, 1.807) is 32.4 Å². The maximum Gasteiger partial charge on any atom is 0.256 e. The largest absolute Gasteiger partial charge is 0.478 e. The van der Waals surface area contributed by atoms with Gasteiger partial charge in [0, 0.05) is 13.2 Å². The first-order valence-corrected chi connectivity index (χ1v) is 7.01. The first-order valence-electron chi connectivity index (χ1n) is 7.01. The maximum atomic E-state index is 12.2. The molecule has 5 heteroatoms. The lowest BCUT2D eigenvalue weighted by Gasteiger charge is -2.26. The predicted molar refractivity (Wildman–Crippen MR) is 79.0 cm³/mol. The van der Waals surface area contributed by atoms with Crippen molar-refractivity contribution in [2.45, 2.75) is 45.6 Å². The quantitative estimate of drug-likeness (QED) is 0.795. The lowest BCUT2D eigenvalue weighted by Crippen LogP contribution is -2.41. The molecule has 0 spiro atoms. The van der Waals surface area contributed by atoms with Gasteiger partial charge in [0.1, 0.15) is 5.60 Å². The Hall–Kier alpha value is -1.62. The summed E-state index contributed by atoms with van der Waals surface area (Å²) in [5.74, 6) is 0.402. The molecule has 0 aromatic carbocycles. The third-order valence-electron chi connectivity index (χ3n) is 3.11. The van der Waals surface area contributed by atoms with Crippen molar-refractivity contribution in [3.8, 4) is 5.88 Å². The summed E-state index contributed by atoms with van der Waals surface area (Å²) in [6, 6.07) is 3.52. The highest BCUT2D eigenvalue weighted by atomic mass is 16.5. The van der Waals surface area contributed by atoms with Crippen molar-refractivity contribution >= 4 is 11.6 Å². The number of hydrogen-bond acceptors (Lipinski definition) is 4. The van der Waals surface area contributed by atoms with E-state index in [4.69, 9.17) is 9.47 Å². The minimum atomic E-state index is -0.813. The van der Waals surface area contributed by atoms with Crippen molar-refractivity contribution in [2.24, 2.45) is 0 Å². The zero-order valence-electron chi connectivity index (χ0n) is 12.7.